The van der Waals surface area contributed by atoms with Crippen LogP contribution >= 0.6 is 0 Å². The molecule has 0 spiro atoms. The SMILES string of the molecule is CCn1c(-c2cccnc2[C@H](C)OC)c(CC(C)(C)OC(=O)C[C@H]2CCCN(C(=O)OC(C)(C)C)C2)c2cc(-c3cccc(C[C@H](NC(=O)OCc4ccccc4)C(=O)OC)c3)ccc21. The van der Waals surface area contributed by atoms with E-state index in [2.05, 4.69) is 41.1 Å². The fourth-order valence-electron chi connectivity index (χ4n) is 8.60. The molecule has 346 valence electrons. The quantitative estimate of drug-likeness (QED) is 0.0750. The summed E-state index contributed by atoms with van der Waals surface area (Å²) in [4.78, 5) is 58.9. The summed E-state index contributed by atoms with van der Waals surface area (Å²) < 4.78 is 30.6. The number of pyridine rings is 1. The van der Waals surface area contributed by atoms with Crippen molar-refractivity contribution in [2.45, 2.75) is 117 Å². The average Bonchev–Trinajstić information content (AvgIpc) is 3.58. The normalized spacial score (nSPS) is 15.2. The number of likely N-dealkylation sites (tertiary alicyclic amines) is 1. The van der Waals surface area contributed by atoms with E-state index < -0.39 is 29.3 Å². The molecule has 65 heavy (non-hydrogen) atoms. The zero-order valence-corrected chi connectivity index (χ0v) is 39.3. The van der Waals surface area contributed by atoms with Crippen molar-refractivity contribution in [1.29, 1.82) is 0 Å². The number of piperidine rings is 1. The molecule has 0 bridgehead atoms. The van der Waals surface area contributed by atoms with Gasteiger partial charge in [0.1, 0.15) is 23.9 Å². The molecule has 0 radical (unpaired) electrons. The molecule has 13 heteroatoms. The van der Waals surface area contributed by atoms with Crippen LogP contribution < -0.4 is 5.32 Å². The molecule has 3 atom stereocenters. The molecule has 1 fully saturated rings. The lowest BCUT2D eigenvalue weighted by Crippen LogP contribution is -2.43. The van der Waals surface area contributed by atoms with Crippen molar-refractivity contribution in [1.82, 2.24) is 19.8 Å². The molecule has 1 aliphatic heterocycles. The molecule has 2 aromatic heterocycles. The lowest BCUT2D eigenvalue weighted by atomic mass is 9.91. The number of fused-ring (bicyclic) bond motifs is 1. The molecule has 3 aromatic carbocycles. The van der Waals surface area contributed by atoms with Crippen molar-refractivity contribution in [2.24, 2.45) is 5.92 Å². The van der Waals surface area contributed by atoms with Crippen LogP contribution in [0.3, 0.4) is 0 Å². The van der Waals surface area contributed by atoms with Crippen LogP contribution in [0, 0.1) is 5.92 Å². The van der Waals surface area contributed by atoms with Gasteiger partial charge in [0.25, 0.3) is 0 Å². The number of benzene rings is 3. The first-order valence-corrected chi connectivity index (χ1v) is 22.5. The van der Waals surface area contributed by atoms with Gasteiger partial charge in [-0.05, 0) is 119 Å². The predicted octanol–water partition coefficient (Wildman–Crippen LogP) is 10.0. The van der Waals surface area contributed by atoms with Gasteiger partial charge in [0.2, 0.25) is 0 Å². The van der Waals surface area contributed by atoms with E-state index in [-0.39, 0.29) is 43.5 Å². The predicted molar refractivity (Wildman–Crippen MR) is 250 cm³/mol. The van der Waals surface area contributed by atoms with Crippen molar-refractivity contribution in [3.63, 3.8) is 0 Å². The zero-order valence-electron chi connectivity index (χ0n) is 39.3. The maximum atomic E-state index is 13.8. The number of rotatable bonds is 16. The number of alkyl carbamates (subject to hydrolysis) is 1. The third-order valence-electron chi connectivity index (χ3n) is 11.6. The van der Waals surface area contributed by atoms with Gasteiger partial charge in [0.05, 0.1) is 31.0 Å². The Hall–Kier alpha value is -6.21. The number of esters is 2. The summed E-state index contributed by atoms with van der Waals surface area (Å²) in [5, 5.41) is 3.68. The average molecular weight is 889 g/mol. The fourth-order valence-corrected chi connectivity index (χ4v) is 8.60. The van der Waals surface area contributed by atoms with Crippen LogP contribution in [0.2, 0.25) is 0 Å². The highest BCUT2D eigenvalue weighted by Crippen LogP contribution is 2.41. The lowest BCUT2D eigenvalue weighted by Gasteiger charge is -2.34. The molecular weight excluding hydrogens is 825 g/mol. The van der Waals surface area contributed by atoms with Crippen LogP contribution in [0.15, 0.2) is 91.1 Å². The third-order valence-corrected chi connectivity index (χ3v) is 11.6. The number of nitrogens with zero attached hydrogens (tertiary/aromatic N) is 3. The van der Waals surface area contributed by atoms with Gasteiger partial charge in [0, 0.05) is 62.2 Å². The highest BCUT2D eigenvalue weighted by Gasteiger charge is 2.33. The van der Waals surface area contributed by atoms with Gasteiger partial charge in [-0.2, -0.15) is 0 Å². The second kappa shape index (κ2) is 21.2. The number of methoxy groups -OCH3 is 2. The van der Waals surface area contributed by atoms with Gasteiger partial charge < -0.3 is 38.5 Å². The topological polar surface area (TPSA) is 148 Å². The molecule has 1 saturated heterocycles. The van der Waals surface area contributed by atoms with Crippen LogP contribution in [-0.4, -0.2) is 83.1 Å². The van der Waals surface area contributed by atoms with E-state index >= 15 is 0 Å². The van der Waals surface area contributed by atoms with Crippen LogP contribution in [0.5, 0.6) is 0 Å². The molecule has 6 rings (SSSR count). The number of carbonyl (C=O) groups is 4. The molecule has 0 saturated carbocycles. The number of aryl methyl sites for hydroxylation is 1. The Morgan fingerprint density at radius 3 is 2.32 bits per heavy atom. The van der Waals surface area contributed by atoms with E-state index in [1.165, 1.54) is 7.11 Å². The summed E-state index contributed by atoms with van der Waals surface area (Å²) >= 11 is 0. The number of nitrogens with one attached hydrogen (secondary N) is 1. The summed E-state index contributed by atoms with van der Waals surface area (Å²) in [6, 6.07) is 26.5. The Balaban J connectivity index is 1.31. The van der Waals surface area contributed by atoms with Crippen LogP contribution in [0.4, 0.5) is 9.59 Å². The standard InChI is InChI=1S/C52H64N4O9/c1-10-56-44-24-23-39(38-21-14-19-36(27-38)28-43(48(58)62-9)54-49(59)63-33-35-17-12-11-13-18-35)30-41(44)42(47(56)40-22-15-25-53-46(40)34(2)61-8)31-52(6,7)64-45(57)29-37-20-16-26-55(32-37)50(60)65-51(3,4)5/h11-15,17-19,21-25,27,30,34,37,43H,10,16,20,26,28-29,31-33H2,1-9H3,(H,54,59)/t34-,37+,43-/m0/s1. The van der Waals surface area contributed by atoms with E-state index in [9.17, 15) is 19.2 Å². The Kier molecular flexibility index (Phi) is 15.7. The molecule has 2 amide bonds. The molecule has 5 aromatic rings. The highest BCUT2D eigenvalue weighted by atomic mass is 16.6. The monoisotopic (exact) mass is 888 g/mol. The summed E-state index contributed by atoms with van der Waals surface area (Å²) in [7, 11) is 2.96. The number of hydrogen-bond acceptors (Lipinski definition) is 10. The van der Waals surface area contributed by atoms with Crippen molar-refractivity contribution in [2.75, 3.05) is 27.3 Å². The van der Waals surface area contributed by atoms with E-state index in [1.54, 1.807) is 18.2 Å². The fraction of sp³-hybridized carbons (Fsp3) is 0.442. The molecule has 13 nitrogen and oxygen atoms in total. The zero-order chi connectivity index (χ0) is 46.9. The van der Waals surface area contributed by atoms with Gasteiger partial charge in [-0.3, -0.25) is 9.78 Å². The van der Waals surface area contributed by atoms with Crippen LogP contribution in [0.1, 0.15) is 96.2 Å². The largest absolute Gasteiger partial charge is 0.467 e. The summed E-state index contributed by atoms with van der Waals surface area (Å²) in [5.41, 5.74) is 6.62. The van der Waals surface area contributed by atoms with Gasteiger partial charge >= 0.3 is 24.1 Å². The Labute approximate surface area is 382 Å². The number of amides is 2. The second-order valence-electron chi connectivity index (χ2n) is 18.4. The van der Waals surface area contributed by atoms with Crippen LogP contribution in [-0.2, 0) is 59.3 Å². The molecule has 1 N–H and O–H groups in total. The van der Waals surface area contributed by atoms with E-state index in [0.29, 0.717) is 26.1 Å². The third kappa shape index (κ3) is 12.5. The molecule has 0 aliphatic carbocycles. The smallest absolute Gasteiger partial charge is 0.410 e. The number of ether oxygens (including phenoxy) is 5. The lowest BCUT2D eigenvalue weighted by molar-refractivity contribution is -0.158. The highest BCUT2D eigenvalue weighted by molar-refractivity contribution is 5.95. The van der Waals surface area contributed by atoms with Crippen molar-refractivity contribution in [3.05, 3.63) is 114 Å². The van der Waals surface area contributed by atoms with E-state index in [4.69, 9.17) is 28.7 Å². The first kappa shape index (κ1) is 48.3. The number of aromatic nitrogens is 2. The Morgan fingerprint density at radius 2 is 1.62 bits per heavy atom. The van der Waals surface area contributed by atoms with Gasteiger partial charge in [-0.1, -0.05) is 60.7 Å². The maximum absolute atomic E-state index is 13.8. The van der Waals surface area contributed by atoms with E-state index in [0.717, 1.165) is 68.5 Å². The summed E-state index contributed by atoms with van der Waals surface area (Å²) in [6.07, 6.45) is 2.73. The first-order chi connectivity index (χ1) is 31.0. The maximum Gasteiger partial charge on any atom is 0.410 e. The molecule has 3 heterocycles. The van der Waals surface area contributed by atoms with Crippen molar-refractivity contribution < 1.29 is 42.9 Å². The van der Waals surface area contributed by atoms with Gasteiger partial charge in [-0.15, -0.1) is 0 Å². The Morgan fingerprint density at radius 1 is 0.877 bits per heavy atom. The summed E-state index contributed by atoms with van der Waals surface area (Å²) in [6.45, 7) is 15.3. The van der Waals surface area contributed by atoms with Crippen molar-refractivity contribution in [3.8, 4) is 22.4 Å². The van der Waals surface area contributed by atoms with Crippen LogP contribution in [0.25, 0.3) is 33.3 Å². The van der Waals surface area contributed by atoms with E-state index in [1.807, 2.05) is 102 Å². The number of carbonyl (C=O) groups excluding carboxylic acids is 4. The minimum atomic E-state index is -0.983. The van der Waals surface area contributed by atoms with Gasteiger partial charge in [-0.25, -0.2) is 14.4 Å². The summed E-state index contributed by atoms with van der Waals surface area (Å²) in [5.74, 6) is -0.950. The first-order valence-electron chi connectivity index (χ1n) is 22.5. The Bertz CT molecular complexity index is 2460. The number of hydrogen-bond donors (Lipinski definition) is 1. The molecule has 1 aliphatic rings. The van der Waals surface area contributed by atoms with Crippen molar-refractivity contribution >= 4 is 35.0 Å². The minimum absolute atomic E-state index is 0.0453. The molecular formula is C52H64N4O9. The minimum Gasteiger partial charge on any atom is -0.467 e. The van der Waals surface area contributed by atoms with Gasteiger partial charge in [0.15, 0.2) is 0 Å². The second-order valence-corrected chi connectivity index (χ2v) is 18.4. The molecule has 0 unspecified atom stereocenters.